The molecule has 5 unspecified atom stereocenters. The van der Waals surface area contributed by atoms with Crippen LogP contribution in [-0.2, 0) is 15.6 Å². The zero-order valence-electron chi connectivity index (χ0n) is 12.8. The molecule has 4 nitrogen and oxygen atoms in total. The average molecular weight is 288 g/mol. The summed E-state index contributed by atoms with van der Waals surface area (Å²) in [6.45, 7) is 8.40. The van der Waals surface area contributed by atoms with Crippen molar-refractivity contribution in [3.05, 3.63) is 0 Å². The van der Waals surface area contributed by atoms with Gasteiger partial charge in [0, 0.05) is 28.9 Å². The molecule has 1 aliphatic rings. The van der Waals surface area contributed by atoms with Crippen molar-refractivity contribution in [2.45, 2.75) is 65.2 Å². The molecule has 1 amide bonds. The van der Waals surface area contributed by atoms with Crippen LogP contribution in [0.4, 0.5) is 0 Å². The molecule has 0 spiro atoms. The smallest absolute Gasteiger partial charge is 0.241 e. The number of nitrogens with zero attached hydrogens (tertiary/aromatic N) is 1. The van der Waals surface area contributed by atoms with Crippen LogP contribution in [0, 0.1) is 5.92 Å². The van der Waals surface area contributed by atoms with Gasteiger partial charge < -0.3 is 4.90 Å². The van der Waals surface area contributed by atoms with Gasteiger partial charge in [0.1, 0.15) is 0 Å². The van der Waals surface area contributed by atoms with Gasteiger partial charge in [0.05, 0.1) is 12.2 Å². The highest BCUT2D eigenvalue weighted by Crippen LogP contribution is 2.24. The summed E-state index contributed by atoms with van der Waals surface area (Å²) in [4.78, 5) is 14.5. The van der Waals surface area contributed by atoms with Gasteiger partial charge in [-0.3, -0.25) is 14.3 Å². The Balaban J connectivity index is 2.74. The molecule has 1 fully saturated rings. The van der Waals surface area contributed by atoms with Gasteiger partial charge in [-0.15, -0.1) is 0 Å². The van der Waals surface area contributed by atoms with Crippen LogP contribution in [0.5, 0.6) is 0 Å². The molecular weight excluding hydrogens is 260 g/mol. The molecule has 1 aliphatic heterocycles. The number of nitrogens with one attached hydrogen (secondary N) is 1. The van der Waals surface area contributed by atoms with E-state index in [4.69, 9.17) is 0 Å². The monoisotopic (exact) mass is 288 g/mol. The predicted molar refractivity (Wildman–Crippen MR) is 80.3 cm³/mol. The number of carbonyl (C=O) groups excluding carboxylic acids is 1. The molecule has 0 aromatic carbocycles. The molecule has 19 heavy (non-hydrogen) atoms. The van der Waals surface area contributed by atoms with Crippen LogP contribution in [0.1, 0.15) is 47.0 Å². The van der Waals surface area contributed by atoms with Crippen LogP contribution in [0.25, 0.3) is 0 Å². The number of rotatable bonds is 7. The van der Waals surface area contributed by atoms with E-state index in [1.165, 1.54) is 0 Å². The standard InChI is InChI=1S/C14H28N2O2S/c1-6-10(3)13-14(17)16(12(7-2)15-13)11(4)8-9-19(5)18/h10-13,15H,6-9H2,1-5H3. The highest BCUT2D eigenvalue weighted by Gasteiger charge is 2.41. The van der Waals surface area contributed by atoms with Crippen molar-refractivity contribution in [1.29, 1.82) is 0 Å². The second kappa shape index (κ2) is 7.39. The van der Waals surface area contributed by atoms with Gasteiger partial charge >= 0.3 is 0 Å². The Hall–Kier alpha value is -0.420. The van der Waals surface area contributed by atoms with E-state index in [-0.39, 0.29) is 24.2 Å². The Kier molecular flexibility index (Phi) is 6.47. The SMILES string of the molecule is CCC(C)C1NC(CC)N(C(C)CCS(C)=O)C1=O. The van der Waals surface area contributed by atoms with E-state index in [1.807, 2.05) is 4.90 Å². The first-order valence-corrected chi connectivity index (χ1v) is 9.03. The summed E-state index contributed by atoms with van der Waals surface area (Å²) in [5.41, 5.74) is 0. The van der Waals surface area contributed by atoms with E-state index in [2.05, 4.69) is 33.0 Å². The lowest BCUT2D eigenvalue weighted by Gasteiger charge is -2.29. The van der Waals surface area contributed by atoms with Crippen molar-refractivity contribution in [3.8, 4) is 0 Å². The maximum Gasteiger partial charge on any atom is 0.241 e. The van der Waals surface area contributed by atoms with Crippen molar-refractivity contribution in [2.24, 2.45) is 5.92 Å². The minimum atomic E-state index is -0.788. The second-order valence-electron chi connectivity index (χ2n) is 5.61. The van der Waals surface area contributed by atoms with Gasteiger partial charge in [-0.1, -0.05) is 27.2 Å². The summed E-state index contributed by atoms with van der Waals surface area (Å²) < 4.78 is 11.2. The average Bonchev–Trinajstić information content (AvgIpc) is 2.72. The van der Waals surface area contributed by atoms with Crippen LogP contribution in [-0.4, -0.2) is 45.3 Å². The number of hydrogen-bond acceptors (Lipinski definition) is 3. The van der Waals surface area contributed by atoms with Crippen molar-refractivity contribution >= 4 is 16.7 Å². The summed E-state index contributed by atoms with van der Waals surface area (Å²) in [6, 6.07) is 0.104. The molecule has 0 aromatic rings. The van der Waals surface area contributed by atoms with E-state index < -0.39 is 10.8 Å². The third-order valence-corrected chi connectivity index (χ3v) is 4.94. The van der Waals surface area contributed by atoms with E-state index in [9.17, 15) is 9.00 Å². The van der Waals surface area contributed by atoms with Crippen molar-refractivity contribution in [2.75, 3.05) is 12.0 Å². The lowest BCUT2D eigenvalue weighted by atomic mass is 9.99. The lowest BCUT2D eigenvalue weighted by molar-refractivity contribution is -0.132. The Morgan fingerprint density at radius 3 is 2.47 bits per heavy atom. The normalized spacial score (nSPS) is 28.5. The highest BCUT2D eigenvalue weighted by atomic mass is 32.2. The van der Waals surface area contributed by atoms with Gasteiger partial charge in [0.15, 0.2) is 0 Å². The zero-order valence-corrected chi connectivity index (χ0v) is 13.6. The second-order valence-corrected chi connectivity index (χ2v) is 7.17. The predicted octanol–water partition coefficient (Wildman–Crippen LogP) is 1.73. The Morgan fingerprint density at radius 1 is 1.37 bits per heavy atom. The minimum absolute atomic E-state index is 0.0514. The summed E-state index contributed by atoms with van der Waals surface area (Å²) >= 11 is 0. The number of carbonyl (C=O) groups is 1. The van der Waals surface area contributed by atoms with Crippen LogP contribution >= 0.6 is 0 Å². The molecule has 0 aromatic heterocycles. The van der Waals surface area contributed by atoms with E-state index in [1.54, 1.807) is 6.26 Å². The largest absolute Gasteiger partial charge is 0.323 e. The van der Waals surface area contributed by atoms with Gasteiger partial charge in [-0.05, 0) is 25.7 Å². The fourth-order valence-electron chi connectivity index (χ4n) is 2.63. The fourth-order valence-corrected chi connectivity index (χ4v) is 3.30. The Bertz CT molecular complexity index is 335. The lowest BCUT2D eigenvalue weighted by Crippen LogP contribution is -2.43. The first-order chi connectivity index (χ1) is 8.92. The number of amides is 1. The first-order valence-electron chi connectivity index (χ1n) is 7.30. The summed E-state index contributed by atoms with van der Waals surface area (Å²) in [5, 5.41) is 3.46. The molecule has 5 atom stereocenters. The van der Waals surface area contributed by atoms with E-state index >= 15 is 0 Å². The summed E-state index contributed by atoms with van der Waals surface area (Å²) in [5.74, 6) is 1.24. The summed E-state index contributed by atoms with van der Waals surface area (Å²) in [7, 11) is -0.788. The minimum Gasteiger partial charge on any atom is -0.323 e. The summed E-state index contributed by atoms with van der Waals surface area (Å²) in [6.07, 6.45) is 4.57. The molecule has 112 valence electrons. The van der Waals surface area contributed by atoms with E-state index in [0.717, 1.165) is 19.3 Å². The van der Waals surface area contributed by atoms with Crippen LogP contribution in [0.15, 0.2) is 0 Å². The van der Waals surface area contributed by atoms with Crippen LogP contribution < -0.4 is 5.32 Å². The van der Waals surface area contributed by atoms with Crippen LogP contribution in [0.3, 0.4) is 0 Å². The molecule has 0 bridgehead atoms. The topological polar surface area (TPSA) is 49.4 Å². The molecular formula is C14H28N2O2S. The highest BCUT2D eigenvalue weighted by molar-refractivity contribution is 7.84. The molecule has 1 saturated heterocycles. The molecule has 1 N–H and O–H groups in total. The molecule has 1 heterocycles. The van der Waals surface area contributed by atoms with Gasteiger partial charge in [-0.25, -0.2) is 0 Å². The maximum atomic E-state index is 12.5. The quantitative estimate of drug-likeness (QED) is 0.776. The molecule has 0 saturated carbocycles. The van der Waals surface area contributed by atoms with Crippen molar-refractivity contribution < 1.29 is 9.00 Å². The molecule has 5 heteroatoms. The third kappa shape index (κ3) is 4.02. The van der Waals surface area contributed by atoms with Crippen molar-refractivity contribution in [1.82, 2.24) is 10.2 Å². The van der Waals surface area contributed by atoms with E-state index in [0.29, 0.717) is 11.7 Å². The third-order valence-electron chi connectivity index (χ3n) is 4.13. The zero-order chi connectivity index (χ0) is 14.6. The maximum absolute atomic E-state index is 12.5. The molecule has 1 rings (SSSR count). The van der Waals surface area contributed by atoms with Crippen LogP contribution in [0.2, 0.25) is 0 Å². The fraction of sp³-hybridized carbons (Fsp3) is 0.929. The molecule has 0 aliphatic carbocycles. The van der Waals surface area contributed by atoms with Gasteiger partial charge in [0.25, 0.3) is 0 Å². The Morgan fingerprint density at radius 2 is 2.00 bits per heavy atom. The van der Waals surface area contributed by atoms with Gasteiger partial charge in [-0.2, -0.15) is 0 Å². The molecule has 0 radical (unpaired) electrons. The Labute approximate surface area is 119 Å². The van der Waals surface area contributed by atoms with Crippen molar-refractivity contribution in [3.63, 3.8) is 0 Å². The van der Waals surface area contributed by atoms with Gasteiger partial charge in [0.2, 0.25) is 5.91 Å². The number of hydrogen-bond donors (Lipinski definition) is 1. The first kappa shape index (κ1) is 16.6.